The number of pyridine rings is 1. The van der Waals surface area contributed by atoms with Crippen molar-refractivity contribution in [3.8, 4) is 0 Å². The number of nitrogens with one attached hydrogen (secondary N) is 1. The molecule has 2 aromatic rings. The van der Waals surface area contributed by atoms with Gasteiger partial charge in [0.2, 0.25) is 0 Å². The van der Waals surface area contributed by atoms with Crippen LogP contribution in [0.25, 0.3) is 0 Å². The van der Waals surface area contributed by atoms with E-state index in [0.29, 0.717) is 5.92 Å². The monoisotopic (exact) mass is 347 g/mol. The maximum Gasteiger partial charge on any atom is 0.131 e. The summed E-state index contributed by atoms with van der Waals surface area (Å²) in [6.07, 6.45) is 4.44. The second-order valence-corrected chi connectivity index (χ2v) is 7.11. The van der Waals surface area contributed by atoms with Gasteiger partial charge in [-0.15, -0.1) is 0 Å². The molecule has 0 atom stereocenters. The van der Waals surface area contributed by atoms with E-state index in [4.69, 9.17) is 11.6 Å². The van der Waals surface area contributed by atoms with Gasteiger partial charge in [0.05, 0.1) is 5.69 Å². The van der Waals surface area contributed by atoms with Gasteiger partial charge in [-0.05, 0) is 36.5 Å². The molecule has 1 saturated heterocycles. The Morgan fingerprint density at radius 1 is 1.25 bits per heavy atom. The summed E-state index contributed by atoms with van der Waals surface area (Å²) in [5.74, 6) is 1.46. The van der Waals surface area contributed by atoms with Crippen LogP contribution in [0.3, 0.4) is 0 Å². The average Bonchev–Trinajstić information content (AvgIpc) is 3.19. The zero-order valence-electron chi connectivity index (χ0n) is 14.7. The summed E-state index contributed by atoms with van der Waals surface area (Å²) >= 11 is 6.39. The molecule has 2 aromatic heterocycles. The van der Waals surface area contributed by atoms with E-state index in [-0.39, 0.29) is 0 Å². The van der Waals surface area contributed by atoms with E-state index in [1.165, 1.54) is 18.4 Å². The van der Waals surface area contributed by atoms with E-state index in [1.807, 2.05) is 13.2 Å². The Bertz CT molecular complexity index is 689. The van der Waals surface area contributed by atoms with Crippen LogP contribution < -0.4 is 10.2 Å². The first-order valence-corrected chi connectivity index (χ1v) is 9.06. The van der Waals surface area contributed by atoms with E-state index in [2.05, 4.69) is 46.3 Å². The fourth-order valence-corrected chi connectivity index (χ4v) is 3.42. The number of aryl methyl sites for hydroxylation is 1. The number of hydrogen-bond donors (Lipinski definition) is 1. The summed E-state index contributed by atoms with van der Waals surface area (Å²) in [6, 6.07) is 4.26. The van der Waals surface area contributed by atoms with Crippen molar-refractivity contribution in [2.45, 2.75) is 45.7 Å². The molecule has 1 aliphatic heterocycles. The van der Waals surface area contributed by atoms with Crippen LogP contribution in [0.4, 0.5) is 5.82 Å². The molecule has 0 aliphatic carbocycles. The van der Waals surface area contributed by atoms with Crippen molar-refractivity contribution >= 4 is 17.4 Å². The van der Waals surface area contributed by atoms with E-state index >= 15 is 0 Å². The first-order chi connectivity index (χ1) is 11.6. The first kappa shape index (κ1) is 17.2. The van der Waals surface area contributed by atoms with Crippen molar-refractivity contribution in [1.29, 1.82) is 0 Å². The second kappa shape index (κ2) is 7.53. The smallest absolute Gasteiger partial charge is 0.131 e. The molecule has 130 valence electrons. The molecule has 0 saturated carbocycles. The Kier molecular flexibility index (Phi) is 5.41. The molecule has 0 radical (unpaired) electrons. The minimum atomic E-state index is 0.364. The molecule has 0 aromatic carbocycles. The Hall–Kier alpha value is -1.59. The van der Waals surface area contributed by atoms with Crippen molar-refractivity contribution in [2.75, 3.05) is 18.0 Å². The molecule has 0 spiro atoms. The zero-order chi connectivity index (χ0) is 17.1. The SMILES string of the molecule is CC(C)c1nn(C)c(Cl)c1CNCc1ccnc(N2CCCC2)c1. The highest BCUT2D eigenvalue weighted by atomic mass is 35.5. The molecule has 3 heterocycles. The fraction of sp³-hybridized carbons (Fsp3) is 0.556. The van der Waals surface area contributed by atoms with Gasteiger partial charge in [-0.2, -0.15) is 5.10 Å². The van der Waals surface area contributed by atoms with Gasteiger partial charge in [0.15, 0.2) is 0 Å². The third-order valence-electron chi connectivity index (χ3n) is 4.52. The summed E-state index contributed by atoms with van der Waals surface area (Å²) in [4.78, 5) is 6.87. The van der Waals surface area contributed by atoms with E-state index in [1.54, 1.807) is 4.68 Å². The lowest BCUT2D eigenvalue weighted by Crippen LogP contribution is -2.20. The molecule has 0 bridgehead atoms. The number of aromatic nitrogens is 3. The van der Waals surface area contributed by atoms with Gasteiger partial charge >= 0.3 is 0 Å². The zero-order valence-corrected chi connectivity index (χ0v) is 15.5. The van der Waals surface area contributed by atoms with E-state index < -0.39 is 0 Å². The maximum absolute atomic E-state index is 6.39. The molecular formula is C18H26ClN5. The van der Waals surface area contributed by atoms with Gasteiger partial charge in [0.1, 0.15) is 11.0 Å². The topological polar surface area (TPSA) is 46.0 Å². The summed E-state index contributed by atoms with van der Waals surface area (Å²) in [5.41, 5.74) is 3.42. The van der Waals surface area contributed by atoms with Crippen LogP contribution in [0, 0.1) is 0 Å². The van der Waals surface area contributed by atoms with Gasteiger partial charge in [-0.25, -0.2) is 4.98 Å². The second-order valence-electron chi connectivity index (χ2n) is 6.75. The van der Waals surface area contributed by atoms with Crippen LogP contribution in [0.15, 0.2) is 18.3 Å². The largest absolute Gasteiger partial charge is 0.357 e. The molecule has 5 nitrogen and oxygen atoms in total. The number of anilines is 1. The standard InChI is InChI=1S/C18H26ClN5/c1-13(2)17-15(18(19)23(3)22-17)12-20-11-14-6-7-21-16(10-14)24-8-4-5-9-24/h6-7,10,13,20H,4-5,8-9,11-12H2,1-3H3. The Morgan fingerprint density at radius 3 is 2.71 bits per heavy atom. The maximum atomic E-state index is 6.39. The molecule has 24 heavy (non-hydrogen) atoms. The highest BCUT2D eigenvalue weighted by molar-refractivity contribution is 6.30. The third kappa shape index (κ3) is 3.73. The number of rotatable bonds is 6. The van der Waals surface area contributed by atoms with Crippen molar-refractivity contribution < 1.29 is 0 Å². The van der Waals surface area contributed by atoms with Gasteiger partial charge in [-0.1, -0.05) is 25.4 Å². The molecule has 6 heteroatoms. The van der Waals surface area contributed by atoms with Crippen molar-refractivity contribution in [3.63, 3.8) is 0 Å². The highest BCUT2D eigenvalue weighted by Gasteiger charge is 2.17. The Balaban J connectivity index is 1.64. The summed E-state index contributed by atoms with van der Waals surface area (Å²) in [7, 11) is 1.89. The molecule has 0 unspecified atom stereocenters. The molecule has 1 N–H and O–H groups in total. The predicted octanol–water partition coefficient (Wildman–Crippen LogP) is 3.48. The van der Waals surface area contributed by atoms with Gasteiger partial charge in [-0.3, -0.25) is 4.68 Å². The van der Waals surface area contributed by atoms with Crippen molar-refractivity contribution in [1.82, 2.24) is 20.1 Å². The first-order valence-electron chi connectivity index (χ1n) is 8.68. The normalized spacial score (nSPS) is 14.8. The van der Waals surface area contributed by atoms with Crippen LogP contribution in [-0.2, 0) is 20.1 Å². The molecule has 1 fully saturated rings. The van der Waals surface area contributed by atoms with Crippen molar-refractivity contribution in [2.24, 2.45) is 7.05 Å². The lowest BCUT2D eigenvalue weighted by molar-refractivity contribution is 0.677. The van der Waals surface area contributed by atoms with Crippen LogP contribution in [0.2, 0.25) is 5.15 Å². The highest BCUT2D eigenvalue weighted by Crippen LogP contribution is 2.25. The molecule has 3 rings (SSSR count). The minimum absolute atomic E-state index is 0.364. The Labute approximate surface area is 149 Å². The fourth-order valence-electron chi connectivity index (χ4n) is 3.22. The molecular weight excluding hydrogens is 322 g/mol. The quantitative estimate of drug-likeness (QED) is 0.869. The average molecular weight is 348 g/mol. The lowest BCUT2D eigenvalue weighted by atomic mass is 10.1. The third-order valence-corrected chi connectivity index (χ3v) is 4.99. The number of halogens is 1. The van der Waals surface area contributed by atoms with Crippen LogP contribution in [0.1, 0.15) is 49.4 Å². The van der Waals surface area contributed by atoms with Crippen molar-refractivity contribution in [3.05, 3.63) is 40.3 Å². The summed E-state index contributed by atoms with van der Waals surface area (Å²) < 4.78 is 1.76. The molecule has 1 aliphatic rings. The summed E-state index contributed by atoms with van der Waals surface area (Å²) in [5, 5.41) is 8.75. The van der Waals surface area contributed by atoms with E-state index in [0.717, 1.165) is 48.4 Å². The minimum Gasteiger partial charge on any atom is -0.357 e. The lowest BCUT2D eigenvalue weighted by Gasteiger charge is -2.17. The number of nitrogens with zero attached hydrogens (tertiary/aromatic N) is 4. The van der Waals surface area contributed by atoms with Gasteiger partial charge in [0, 0.05) is 45.0 Å². The number of hydrogen-bond acceptors (Lipinski definition) is 4. The van der Waals surface area contributed by atoms with Crippen LogP contribution in [-0.4, -0.2) is 27.9 Å². The van der Waals surface area contributed by atoms with Gasteiger partial charge in [0.25, 0.3) is 0 Å². The Morgan fingerprint density at radius 2 is 2.00 bits per heavy atom. The predicted molar refractivity (Wildman–Crippen MR) is 98.5 cm³/mol. The van der Waals surface area contributed by atoms with Crippen LogP contribution in [0.5, 0.6) is 0 Å². The summed E-state index contributed by atoms with van der Waals surface area (Å²) in [6.45, 7) is 8.05. The molecule has 0 amide bonds. The van der Waals surface area contributed by atoms with Crippen LogP contribution >= 0.6 is 11.6 Å². The van der Waals surface area contributed by atoms with E-state index in [9.17, 15) is 0 Å². The van der Waals surface area contributed by atoms with Gasteiger partial charge < -0.3 is 10.2 Å².